The molecule has 224 valence electrons. The zero-order valence-electron chi connectivity index (χ0n) is 24.0. The van der Waals surface area contributed by atoms with Crippen molar-refractivity contribution < 1.29 is 38.3 Å². The second kappa shape index (κ2) is 12.7. The molecule has 2 aliphatic heterocycles. The Labute approximate surface area is 247 Å². The number of hydroxylamine groups is 2. The molecule has 0 saturated carbocycles. The van der Waals surface area contributed by atoms with Gasteiger partial charge in [0, 0.05) is 61.8 Å². The number of nitrogens with zero attached hydrogens (tertiary/aromatic N) is 3. The number of carbonyl (C=O) groups excluding carboxylic acids is 6. The Morgan fingerprint density at radius 3 is 2.42 bits per heavy atom. The molecule has 0 aliphatic carbocycles. The third kappa shape index (κ3) is 6.11. The molecule has 43 heavy (non-hydrogen) atoms. The number of carbonyl (C=O) groups is 6. The van der Waals surface area contributed by atoms with Gasteiger partial charge < -0.3 is 19.8 Å². The average Bonchev–Trinajstić information content (AvgIpc) is 3.31. The maximum atomic E-state index is 13.7. The summed E-state index contributed by atoms with van der Waals surface area (Å²) in [7, 11) is 3.42. The van der Waals surface area contributed by atoms with Gasteiger partial charge in [-0.2, -0.15) is 0 Å². The van der Waals surface area contributed by atoms with E-state index in [2.05, 4.69) is 5.32 Å². The molecule has 3 aromatic rings. The molecule has 0 radical (unpaired) electrons. The van der Waals surface area contributed by atoms with Crippen molar-refractivity contribution >= 4 is 56.9 Å². The van der Waals surface area contributed by atoms with Gasteiger partial charge >= 0.3 is 5.97 Å². The maximum absolute atomic E-state index is 13.7. The van der Waals surface area contributed by atoms with Gasteiger partial charge in [0.15, 0.2) is 0 Å². The van der Waals surface area contributed by atoms with Crippen molar-refractivity contribution in [3.8, 4) is 5.75 Å². The van der Waals surface area contributed by atoms with Crippen molar-refractivity contribution in [1.29, 1.82) is 0 Å². The van der Waals surface area contributed by atoms with E-state index in [1.807, 2.05) is 42.3 Å². The van der Waals surface area contributed by atoms with Gasteiger partial charge in [-0.05, 0) is 36.0 Å². The highest BCUT2D eigenvalue weighted by Crippen LogP contribution is 2.39. The summed E-state index contributed by atoms with van der Waals surface area (Å²) in [6, 6.07) is 13.0. The van der Waals surface area contributed by atoms with Gasteiger partial charge in [-0.3, -0.25) is 28.9 Å². The number of Topliss-reactive ketones (excluding diaryl/α,β-unsaturated/α-hetero) is 1. The first-order chi connectivity index (χ1) is 20.7. The number of methoxy groups -OCH3 is 1. The summed E-state index contributed by atoms with van der Waals surface area (Å²) in [6.07, 6.45) is -0.323. The van der Waals surface area contributed by atoms with Crippen molar-refractivity contribution in [2.75, 3.05) is 46.9 Å². The summed E-state index contributed by atoms with van der Waals surface area (Å²) in [5.74, 6) is -2.28. The zero-order chi connectivity index (χ0) is 30.7. The first-order valence-electron chi connectivity index (χ1n) is 14.1. The minimum atomic E-state index is -0.815. The molecule has 1 saturated heterocycles. The van der Waals surface area contributed by atoms with Gasteiger partial charge in [-0.15, -0.1) is 5.06 Å². The van der Waals surface area contributed by atoms with Crippen LogP contribution in [0.15, 0.2) is 42.5 Å². The number of imide groups is 2. The molecule has 0 spiro atoms. The molecule has 1 N–H and O–H groups in total. The number of nitrogens with one attached hydrogen (secondary N) is 1. The van der Waals surface area contributed by atoms with Crippen LogP contribution in [0, 0.1) is 0 Å². The SMILES string of the molecule is COc1ccc2c3c(c4ccccc4cc13)C(=O)N(CCN(C)CCNCC(=O)CCC(=O)ON1C(=O)CCC1=O)C2=O. The van der Waals surface area contributed by atoms with Gasteiger partial charge in [-0.1, -0.05) is 24.3 Å². The topological polar surface area (TPSA) is 143 Å². The largest absolute Gasteiger partial charge is 0.496 e. The van der Waals surface area contributed by atoms with Crippen LogP contribution in [0.25, 0.3) is 21.5 Å². The van der Waals surface area contributed by atoms with Crippen LogP contribution in [0.5, 0.6) is 5.75 Å². The summed E-state index contributed by atoms with van der Waals surface area (Å²) in [5.41, 5.74) is 0.952. The Bertz CT molecular complexity index is 1640. The van der Waals surface area contributed by atoms with E-state index in [0.29, 0.717) is 47.0 Å². The lowest BCUT2D eigenvalue weighted by atomic mass is 9.89. The van der Waals surface area contributed by atoms with E-state index in [4.69, 9.17) is 9.57 Å². The molecule has 12 nitrogen and oxygen atoms in total. The number of ether oxygens (including phenoxy) is 1. The molecule has 3 aromatic carbocycles. The van der Waals surface area contributed by atoms with Crippen molar-refractivity contribution in [3.05, 3.63) is 53.6 Å². The molecule has 0 atom stereocenters. The summed E-state index contributed by atoms with van der Waals surface area (Å²) in [5, 5.41) is 6.48. The Morgan fingerprint density at radius 2 is 1.67 bits per heavy atom. The molecular weight excluding hydrogens is 556 g/mol. The van der Waals surface area contributed by atoms with Crippen LogP contribution in [0.1, 0.15) is 46.4 Å². The number of likely N-dealkylation sites (N-methyl/N-ethyl adjacent to an activating group) is 1. The van der Waals surface area contributed by atoms with Crippen LogP contribution in [0.3, 0.4) is 0 Å². The monoisotopic (exact) mass is 588 g/mol. The van der Waals surface area contributed by atoms with E-state index in [1.54, 1.807) is 19.2 Å². The fourth-order valence-corrected chi connectivity index (χ4v) is 5.32. The zero-order valence-corrected chi connectivity index (χ0v) is 24.0. The average molecular weight is 589 g/mol. The predicted octanol–water partition coefficient (Wildman–Crippen LogP) is 2.08. The quantitative estimate of drug-likeness (QED) is 0.179. The molecular formula is C31H32N4O8. The number of hydrogen-bond donors (Lipinski definition) is 1. The lowest BCUT2D eigenvalue weighted by molar-refractivity contribution is -0.197. The lowest BCUT2D eigenvalue weighted by Gasteiger charge is -2.30. The van der Waals surface area contributed by atoms with Crippen LogP contribution >= 0.6 is 0 Å². The van der Waals surface area contributed by atoms with E-state index < -0.39 is 17.8 Å². The molecule has 2 aliphatic rings. The van der Waals surface area contributed by atoms with Gasteiger partial charge in [0.05, 0.1) is 25.6 Å². The summed E-state index contributed by atoms with van der Waals surface area (Å²) < 4.78 is 5.53. The fourth-order valence-electron chi connectivity index (χ4n) is 5.32. The van der Waals surface area contributed by atoms with Crippen molar-refractivity contribution in [1.82, 2.24) is 20.2 Å². The van der Waals surface area contributed by atoms with Crippen LogP contribution in [0.4, 0.5) is 0 Å². The highest BCUT2D eigenvalue weighted by Gasteiger charge is 2.35. The smallest absolute Gasteiger partial charge is 0.333 e. The molecule has 2 heterocycles. The number of benzene rings is 3. The highest BCUT2D eigenvalue weighted by atomic mass is 16.7. The van der Waals surface area contributed by atoms with Crippen molar-refractivity contribution in [2.24, 2.45) is 0 Å². The number of rotatable bonds is 13. The van der Waals surface area contributed by atoms with Gasteiger partial charge in [0.25, 0.3) is 23.6 Å². The number of amides is 4. The molecule has 4 amide bonds. The second-order valence-corrected chi connectivity index (χ2v) is 10.5. The Hall–Kier alpha value is -4.68. The van der Waals surface area contributed by atoms with Crippen LogP contribution in [-0.2, 0) is 24.0 Å². The van der Waals surface area contributed by atoms with Gasteiger partial charge in [-0.25, -0.2) is 4.79 Å². The molecule has 0 bridgehead atoms. The van der Waals surface area contributed by atoms with E-state index in [1.165, 1.54) is 4.90 Å². The van der Waals surface area contributed by atoms with Crippen LogP contribution in [-0.4, -0.2) is 97.1 Å². The summed E-state index contributed by atoms with van der Waals surface area (Å²) in [4.78, 5) is 82.3. The predicted molar refractivity (Wildman–Crippen MR) is 155 cm³/mol. The number of fused-ring (bicyclic) bond motifs is 2. The van der Waals surface area contributed by atoms with Crippen LogP contribution in [0.2, 0.25) is 0 Å². The first kappa shape index (κ1) is 29.8. The van der Waals surface area contributed by atoms with Crippen molar-refractivity contribution in [3.63, 3.8) is 0 Å². The fraction of sp³-hybridized carbons (Fsp3) is 0.355. The Morgan fingerprint density at radius 1 is 0.930 bits per heavy atom. The minimum absolute atomic E-state index is 0.00532. The van der Waals surface area contributed by atoms with E-state index in [0.717, 1.165) is 16.2 Å². The van der Waals surface area contributed by atoms with Gasteiger partial charge in [0.2, 0.25) is 0 Å². The third-order valence-corrected chi connectivity index (χ3v) is 7.64. The molecule has 5 rings (SSSR count). The molecule has 0 unspecified atom stereocenters. The second-order valence-electron chi connectivity index (χ2n) is 10.5. The Balaban J connectivity index is 1.11. The van der Waals surface area contributed by atoms with E-state index >= 15 is 0 Å². The lowest BCUT2D eigenvalue weighted by Crippen LogP contribution is -2.45. The maximum Gasteiger partial charge on any atom is 0.333 e. The standard InChI is InChI=1S/C31H32N4O8/c1-33(14-13-32-18-20(36)7-12-27(39)43-35-25(37)10-11-26(35)38)15-16-34-30(40)22-8-9-24(42-2)23-17-19-5-3-4-6-21(19)29(28(22)23)31(34)41/h3-6,8-9,17,32H,7,10-16,18H2,1-2H3. The van der Waals surface area contributed by atoms with Crippen LogP contribution < -0.4 is 10.1 Å². The Kier molecular flexibility index (Phi) is 8.78. The molecule has 0 aromatic heterocycles. The molecule has 1 fully saturated rings. The van der Waals surface area contributed by atoms with E-state index in [9.17, 15) is 28.8 Å². The molecule has 12 heteroatoms. The first-order valence-corrected chi connectivity index (χ1v) is 14.1. The summed E-state index contributed by atoms with van der Waals surface area (Å²) in [6.45, 7) is 1.64. The number of hydrogen-bond acceptors (Lipinski definition) is 10. The number of ketones is 1. The minimum Gasteiger partial charge on any atom is -0.496 e. The highest BCUT2D eigenvalue weighted by molar-refractivity contribution is 6.31. The normalized spacial score (nSPS) is 14.9. The van der Waals surface area contributed by atoms with E-state index in [-0.39, 0.29) is 56.4 Å². The third-order valence-electron chi connectivity index (χ3n) is 7.64. The summed E-state index contributed by atoms with van der Waals surface area (Å²) >= 11 is 0. The van der Waals surface area contributed by atoms with Crippen molar-refractivity contribution in [2.45, 2.75) is 25.7 Å². The van der Waals surface area contributed by atoms with Gasteiger partial charge in [0.1, 0.15) is 11.5 Å².